The minimum absolute atomic E-state index is 0.0434. The first kappa shape index (κ1) is 17.7. The molecule has 1 fully saturated rings. The van der Waals surface area contributed by atoms with Gasteiger partial charge in [0.1, 0.15) is 0 Å². The molecule has 27 heavy (non-hydrogen) atoms. The van der Waals surface area contributed by atoms with Crippen molar-refractivity contribution in [2.45, 2.75) is 18.9 Å². The molecule has 1 heterocycles. The van der Waals surface area contributed by atoms with Gasteiger partial charge < -0.3 is 0 Å². The molecule has 136 valence electrons. The van der Waals surface area contributed by atoms with Gasteiger partial charge in [0.25, 0.3) is 0 Å². The molecule has 2 heteroatoms. The number of rotatable bonds is 5. The molecule has 2 unspecified atom stereocenters. The van der Waals surface area contributed by atoms with Gasteiger partial charge in [-0.05, 0) is 24.1 Å². The number of hydrogen-bond acceptors (Lipinski definition) is 2. The van der Waals surface area contributed by atoms with Gasteiger partial charge in [-0.2, -0.15) is 0 Å². The smallest absolute Gasteiger partial charge is 0.166 e. The van der Waals surface area contributed by atoms with Gasteiger partial charge in [-0.15, -0.1) is 0 Å². The Balaban J connectivity index is 1.57. The van der Waals surface area contributed by atoms with Crippen molar-refractivity contribution in [3.8, 4) is 0 Å². The highest BCUT2D eigenvalue weighted by Crippen LogP contribution is 2.35. The summed E-state index contributed by atoms with van der Waals surface area (Å²) in [6.45, 7) is 2.82. The van der Waals surface area contributed by atoms with Gasteiger partial charge in [-0.1, -0.05) is 91.0 Å². The molecule has 0 aromatic heterocycles. The number of nitrogens with zero attached hydrogens (tertiary/aromatic N) is 1. The van der Waals surface area contributed by atoms with Crippen LogP contribution in [0.4, 0.5) is 0 Å². The second-order valence-corrected chi connectivity index (χ2v) is 7.36. The number of carbonyl (C=O) groups excluding carboxylic acids is 1. The van der Waals surface area contributed by atoms with E-state index in [0.29, 0.717) is 0 Å². The maximum Gasteiger partial charge on any atom is 0.166 e. The van der Waals surface area contributed by atoms with Gasteiger partial charge in [0.15, 0.2) is 5.78 Å². The molecule has 0 spiro atoms. The van der Waals surface area contributed by atoms with E-state index in [1.54, 1.807) is 0 Å². The molecule has 1 aliphatic heterocycles. The van der Waals surface area contributed by atoms with E-state index in [0.717, 1.165) is 31.6 Å². The molecule has 2 atom stereocenters. The van der Waals surface area contributed by atoms with Gasteiger partial charge >= 0.3 is 0 Å². The highest BCUT2D eigenvalue weighted by Gasteiger charge is 2.35. The van der Waals surface area contributed by atoms with Gasteiger partial charge in [-0.25, -0.2) is 0 Å². The van der Waals surface area contributed by atoms with Crippen LogP contribution in [0.2, 0.25) is 0 Å². The Morgan fingerprint density at radius 1 is 0.815 bits per heavy atom. The zero-order chi connectivity index (χ0) is 18.5. The fourth-order valence-corrected chi connectivity index (χ4v) is 4.17. The molecular formula is C25H25NO. The second-order valence-electron chi connectivity index (χ2n) is 7.36. The van der Waals surface area contributed by atoms with E-state index < -0.39 is 0 Å². The van der Waals surface area contributed by atoms with Crippen molar-refractivity contribution >= 4 is 5.78 Å². The van der Waals surface area contributed by atoms with Crippen LogP contribution in [-0.4, -0.2) is 23.8 Å². The van der Waals surface area contributed by atoms with Crippen LogP contribution < -0.4 is 0 Å². The van der Waals surface area contributed by atoms with Crippen molar-refractivity contribution in [1.29, 1.82) is 0 Å². The second kappa shape index (κ2) is 8.32. The first-order chi connectivity index (χ1) is 13.3. The largest absolute Gasteiger partial charge is 0.298 e. The van der Waals surface area contributed by atoms with Crippen LogP contribution in [0.3, 0.4) is 0 Å². The van der Waals surface area contributed by atoms with E-state index in [1.165, 1.54) is 11.1 Å². The molecular weight excluding hydrogens is 330 g/mol. The summed E-state index contributed by atoms with van der Waals surface area (Å²) >= 11 is 0. The lowest BCUT2D eigenvalue weighted by molar-refractivity contribution is 0.0790. The SMILES string of the molecule is O=C(c1ccccc1)C1CCN(Cc2ccccc2)CC1c1ccccc1. The summed E-state index contributed by atoms with van der Waals surface area (Å²) < 4.78 is 0. The molecule has 1 aliphatic rings. The van der Waals surface area contributed by atoms with E-state index >= 15 is 0 Å². The lowest BCUT2D eigenvalue weighted by atomic mass is 9.76. The van der Waals surface area contributed by atoms with Gasteiger partial charge in [0.2, 0.25) is 0 Å². The van der Waals surface area contributed by atoms with Crippen LogP contribution in [0.1, 0.15) is 33.8 Å². The van der Waals surface area contributed by atoms with E-state index in [4.69, 9.17) is 0 Å². The first-order valence-electron chi connectivity index (χ1n) is 9.72. The average molecular weight is 355 g/mol. The molecule has 4 rings (SSSR count). The number of ketones is 1. The standard InChI is InChI=1S/C25H25NO/c27-25(22-14-8-3-9-15-22)23-16-17-26(18-20-10-4-1-5-11-20)19-24(23)21-12-6-2-7-13-21/h1-15,23-24H,16-19H2. The van der Waals surface area contributed by atoms with Gasteiger partial charge in [-0.3, -0.25) is 9.69 Å². The third-order valence-corrected chi connectivity index (χ3v) is 5.57. The van der Waals surface area contributed by atoms with Crippen molar-refractivity contribution in [3.05, 3.63) is 108 Å². The Bertz CT molecular complexity index is 861. The van der Waals surface area contributed by atoms with E-state index in [2.05, 4.69) is 59.5 Å². The molecule has 0 N–H and O–H groups in total. The van der Waals surface area contributed by atoms with Crippen LogP contribution in [0.25, 0.3) is 0 Å². The molecule has 0 aliphatic carbocycles. The zero-order valence-corrected chi connectivity index (χ0v) is 15.5. The fourth-order valence-electron chi connectivity index (χ4n) is 4.17. The fraction of sp³-hybridized carbons (Fsp3) is 0.240. The highest BCUT2D eigenvalue weighted by molar-refractivity contribution is 5.98. The number of likely N-dealkylation sites (tertiary alicyclic amines) is 1. The number of carbonyl (C=O) groups is 1. The number of Topliss-reactive ketones (excluding diaryl/α,β-unsaturated/α-hetero) is 1. The molecule has 0 bridgehead atoms. The lowest BCUT2D eigenvalue weighted by Gasteiger charge is -2.38. The van der Waals surface area contributed by atoms with Gasteiger partial charge in [0.05, 0.1) is 0 Å². The Morgan fingerprint density at radius 2 is 1.41 bits per heavy atom. The van der Waals surface area contributed by atoms with Gasteiger partial charge in [0, 0.05) is 30.5 Å². The summed E-state index contributed by atoms with van der Waals surface area (Å²) in [6.07, 6.45) is 0.903. The average Bonchev–Trinajstić information content (AvgIpc) is 2.75. The highest BCUT2D eigenvalue weighted by atomic mass is 16.1. The van der Waals surface area contributed by atoms with E-state index in [-0.39, 0.29) is 17.6 Å². The van der Waals surface area contributed by atoms with Crippen LogP contribution in [0, 0.1) is 5.92 Å². The topological polar surface area (TPSA) is 20.3 Å². The van der Waals surface area contributed by atoms with E-state index in [9.17, 15) is 4.79 Å². The minimum atomic E-state index is 0.0434. The normalized spacial score (nSPS) is 20.3. The Kier molecular flexibility index (Phi) is 5.45. The predicted molar refractivity (Wildman–Crippen MR) is 110 cm³/mol. The summed E-state index contributed by atoms with van der Waals surface area (Å²) in [5.74, 6) is 0.557. The van der Waals surface area contributed by atoms with E-state index in [1.807, 2.05) is 36.4 Å². The van der Waals surface area contributed by atoms with Crippen LogP contribution in [0.15, 0.2) is 91.0 Å². The summed E-state index contributed by atoms with van der Waals surface area (Å²) in [5, 5.41) is 0. The summed E-state index contributed by atoms with van der Waals surface area (Å²) in [7, 11) is 0. The molecule has 0 amide bonds. The number of hydrogen-bond donors (Lipinski definition) is 0. The summed E-state index contributed by atoms with van der Waals surface area (Å²) in [5.41, 5.74) is 3.43. The summed E-state index contributed by atoms with van der Waals surface area (Å²) in [4.78, 5) is 15.7. The zero-order valence-electron chi connectivity index (χ0n) is 15.5. The first-order valence-corrected chi connectivity index (χ1v) is 9.72. The minimum Gasteiger partial charge on any atom is -0.298 e. The van der Waals surface area contributed by atoms with Crippen LogP contribution in [0.5, 0.6) is 0 Å². The Hall–Kier alpha value is -2.71. The van der Waals surface area contributed by atoms with Crippen molar-refractivity contribution in [1.82, 2.24) is 4.90 Å². The molecule has 0 radical (unpaired) electrons. The van der Waals surface area contributed by atoms with Crippen molar-refractivity contribution in [2.24, 2.45) is 5.92 Å². The predicted octanol–water partition coefficient (Wildman–Crippen LogP) is 5.18. The summed E-state index contributed by atoms with van der Waals surface area (Å²) in [6, 6.07) is 30.9. The third-order valence-electron chi connectivity index (χ3n) is 5.57. The van der Waals surface area contributed by atoms with Crippen molar-refractivity contribution < 1.29 is 4.79 Å². The number of piperidine rings is 1. The molecule has 3 aromatic carbocycles. The lowest BCUT2D eigenvalue weighted by Crippen LogP contribution is -2.41. The number of benzene rings is 3. The molecule has 2 nitrogen and oxygen atoms in total. The quantitative estimate of drug-likeness (QED) is 0.588. The molecule has 1 saturated heterocycles. The Labute approximate surface area is 161 Å². The maximum atomic E-state index is 13.2. The van der Waals surface area contributed by atoms with Crippen LogP contribution in [-0.2, 0) is 6.54 Å². The monoisotopic (exact) mass is 355 g/mol. The van der Waals surface area contributed by atoms with Crippen molar-refractivity contribution in [3.63, 3.8) is 0 Å². The molecule has 3 aromatic rings. The maximum absolute atomic E-state index is 13.2. The van der Waals surface area contributed by atoms with Crippen molar-refractivity contribution in [2.75, 3.05) is 13.1 Å². The third kappa shape index (κ3) is 4.17. The molecule has 0 saturated carbocycles. The van der Waals surface area contributed by atoms with Crippen LogP contribution >= 0.6 is 0 Å². The Morgan fingerprint density at radius 3 is 2.07 bits per heavy atom.